The molecule has 1 heterocycles. The summed E-state index contributed by atoms with van der Waals surface area (Å²) in [6, 6.07) is 0. The van der Waals surface area contributed by atoms with Gasteiger partial charge in [0.05, 0.1) is 0 Å². The van der Waals surface area contributed by atoms with Crippen LogP contribution in [0.2, 0.25) is 0 Å². The van der Waals surface area contributed by atoms with Crippen molar-refractivity contribution in [3.8, 4) is 0 Å². The topological polar surface area (TPSA) is 6.48 Å². The van der Waals surface area contributed by atoms with Gasteiger partial charge in [0.2, 0.25) is 0 Å². The molecule has 1 fully saturated rings. The van der Waals surface area contributed by atoms with Gasteiger partial charge in [-0.25, -0.2) is 0 Å². The summed E-state index contributed by atoms with van der Waals surface area (Å²) in [5, 5.41) is 0. The quantitative estimate of drug-likeness (QED) is 0.357. The Morgan fingerprint density at radius 2 is 1.08 bits per heavy atom. The van der Waals surface area contributed by atoms with Gasteiger partial charge in [0.1, 0.15) is 0 Å². The third-order valence-corrected chi connectivity index (χ3v) is 2.83. The van der Waals surface area contributed by atoms with Crippen LogP contribution in [0.1, 0.15) is 0 Å². The van der Waals surface area contributed by atoms with Crippen LogP contribution in [0, 0.1) is 0 Å². The SMILES string of the molecule is S=C([S-])N1CCN(C(=S)[S-])CC1.[Cu+2]. The molecule has 13 heavy (non-hydrogen) atoms. The first-order valence-corrected chi connectivity index (χ1v) is 5.16. The number of hydrogen-bond acceptors (Lipinski definition) is 4. The summed E-state index contributed by atoms with van der Waals surface area (Å²) < 4.78 is 1.09. The van der Waals surface area contributed by atoms with E-state index in [1.807, 2.05) is 9.80 Å². The van der Waals surface area contributed by atoms with Crippen molar-refractivity contribution in [1.82, 2.24) is 9.80 Å². The van der Waals surface area contributed by atoms with Gasteiger partial charge in [0, 0.05) is 26.2 Å². The summed E-state index contributed by atoms with van der Waals surface area (Å²) in [5.41, 5.74) is 0. The van der Waals surface area contributed by atoms with E-state index in [1.54, 1.807) is 0 Å². The van der Waals surface area contributed by atoms with Crippen LogP contribution in [0.4, 0.5) is 0 Å². The largest absolute Gasteiger partial charge is 2.00 e. The summed E-state index contributed by atoms with van der Waals surface area (Å²) >= 11 is 19.5. The molecule has 0 N–H and O–H groups in total. The van der Waals surface area contributed by atoms with Crippen LogP contribution in [0.25, 0.3) is 0 Å². The molecule has 1 saturated heterocycles. The van der Waals surface area contributed by atoms with Crippen molar-refractivity contribution in [2.75, 3.05) is 26.2 Å². The molecule has 0 amide bonds. The van der Waals surface area contributed by atoms with Crippen LogP contribution in [-0.2, 0) is 42.3 Å². The molecule has 0 aromatic carbocycles. The monoisotopic (exact) mass is 299 g/mol. The molecular weight excluding hydrogens is 292 g/mol. The van der Waals surface area contributed by atoms with Gasteiger partial charge < -0.3 is 59.5 Å². The van der Waals surface area contributed by atoms with Crippen LogP contribution < -0.4 is 0 Å². The summed E-state index contributed by atoms with van der Waals surface area (Å²) in [6.45, 7) is 3.39. The number of hydrogen-bond donors (Lipinski definition) is 0. The molecule has 0 unspecified atom stereocenters. The van der Waals surface area contributed by atoms with Crippen molar-refractivity contribution in [2.45, 2.75) is 0 Å². The summed E-state index contributed by atoms with van der Waals surface area (Å²) in [7, 11) is 0. The summed E-state index contributed by atoms with van der Waals surface area (Å²) in [5.74, 6) is 0. The first-order valence-electron chi connectivity index (χ1n) is 3.53. The molecule has 1 aliphatic heterocycles. The molecular formula is C6H8CuN2S4. The fourth-order valence-electron chi connectivity index (χ4n) is 1.07. The van der Waals surface area contributed by atoms with Crippen LogP contribution >= 0.6 is 24.4 Å². The van der Waals surface area contributed by atoms with E-state index in [4.69, 9.17) is 49.7 Å². The molecule has 7 heteroatoms. The van der Waals surface area contributed by atoms with Gasteiger partial charge in [-0.2, -0.15) is 0 Å². The van der Waals surface area contributed by atoms with Crippen molar-refractivity contribution in [3.63, 3.8) is 0 Å². The first-order chi connectivity index (χ1) is 5.61. The molecule has 0 aromatic heterocycles. The van der Waals surface area contributed by atoms with Gasteiger partial charge in [0.15, 0.2) is 0 Å². The zero-order valence-corrected chi connectivity index (χ0v) is 10.9. The molecule has 1 rings (SSSR count). The Morgan fingerprint density at radius 1 is 0.846 bits per heavy atom. The molecule has 0 bridgehead atoms. The van der Waals surface area contributed by atoms with Crippen LogP contribution in [0.3, 0.4) is 0 Å². The molecule has 0 spiro atoms. The van der Waals surface area contributed by atoms with Gasteiger partial charge in [0.25, 0.3) is 0 Å². The first kappa shape index (κ1) is 13.7. The number of thiocarbonyl (C=S) groups is 2. The third-order valence-electron chi connectivity index (χ3n) is 1.80. The molecule has 77 valence electrons. The van der Waals surface area contributed by atoms with E-state index in [1.165, 1.54) is 0 Å². The third kappa shape index (κ3) is 4.18. The second-order valence-corrected chi connectivity index (χ2v) is 4.57. The molecule has 1 radical (unpaired) electrons. The maximum atomic E-state index is 4.88. The maximum absolute atomic E-state index is 4.88. The van der Waals surface area contributed by atoms with E-state index < -0.39 is 0 Å². The van der Waals surface area contributed by atoms with Crippen molar-refractivity contribution in [1.29, 1.82) is 0 Å². The van der Waals surface area contributed by atoms with E-state index in [9.17, 15) is 0 Å². The molecule has 0 aromatic rings. The normalized spacial score (nSPS) is 16.3. The zero-order chi connectivity index (χ0) is 9.14. The van der Waals surface area contributed by atoms with E-state index in [-0.39, 0.29) is 17.1 Å². The summed E-state index contributed by atoms with van der Waals surface area (Å²) in [4.78, 5) is 3.99. The van der Waals surface area contributed by atoms with E-state index in [2.05, 4.69) is 0 Å². The van der Waals surface area contributed by atoms with E-state index >= 15 is 0 Å². The van der Waals surface area contributed by atoms with Gasteiger partial charge in [-0.3, -0.25) is 0 Å². The number of rotatable bonds is 0. The molecule has 0 saturated carbocycles. The van der Waals surface area contributed by atoms with Crippen LogP contribution in [0.15, 0.2) is 0 Å². The standard InChI is InChI=1S/C6H10N2S4.Cu/c9-5(10)7-1-2-8(4-3-7)6(11)12;/h1-4H2,(H,9,10)(H,11,12);/q;+2/p-2. The van der Waals surface area contributed by atoms with Crippen LogP contribution in [-0.4, -0.2) is 44.6 Å². The Hall–Kier alpha value is 0.739. The van der Waals surface area contributed by atoms with Gasteiger partial charge in [-0.15, -0.1) is 0 Å². The number of piperazine rings is 1. The van der Waals surface area contributed by atoms with Crippen molar-refractivity contribution >= 4 is 58.3 Å². The fraction of sp³-hybridized carbons (Fsp3) is 0.667. The average Bonchev–Trinajstić information content (AvgIpc) is 2.04. The maximum Gasteiger partial charge on any atom is 2.00 e. The van der Waals surface area contributed by atoms with Gasteiger partial charge >= 0.3 is 17.1 Å². The van der Waals surface area contributed by atoms with E-state index in [0.717, 1.165) is 26.2 Å². The zero-order valence-electron chi connectivity index (χ0n) is 6.66. The molecule has 1 aliphatic rings. The minimum absolute atomic E-state index is 0. The predicted octanol–water partition coefficient (Wildman–Crippen LogP) is 0.265. The predicted molar refractivity (Wildman–Crippen MR) is 63.1 cm³/mol. The Labute approximate surface area is 111 Å². The fourth-order valence-corrected chi connectivity index (χ4v) is 1.80. The molecule has 0 aliphatic carbocycles. The van der Waals surface area contributed by atoms with Gasteiger partial charge in [-0.05, 0) is 0 Å². The van der Waals surface area contributed by atoms with Gasteiger partial charge in [-0.1, -0.05) is 8.64 Å². The van der Waals surface area contributed by atoms with Crippen molar-refractivity contribution in [3.05, 3.63) is 0 Å². The van der Waals surface area contributed by atoms with E-state index in [0.29, 0.717) is 8.64 Å². The minimum atomic E-state index is 0. The second-order valence-electron chi connectivity index (χ2n) is 2.51. The Kier molecular flexibility index (Phi) is 6.62. The minimum Gasteiger partial charge on any atom is -0.411 e. The smallest absolute Gasteiger partial charge is 0.411 e. The van der Waals surface area contributed by atoms with Crippen molar-refractivity contribution < 1.29 is 17.1 Å². The van der Waals surface area contributed by atoms with Crippen LogP contribution in [0.5, 0.6) is 0 Å². The summed E-state index contributed by atoms with van der Waals surface area (Å²) in [6.07, 6.45) is 0. The number of nitrogens with zero attached hydrogens (tertiary/aromatic N) is 2. The Bertz CT molecular complexity index is 181. The average molecular weight is 300 g/mol. The van der Waals surface area contributed by atoms with Crippen molar-refractivity contribution in [2.24, 2.45) is 0 Å². The Morgan fingerprint density at radius 3 is 1.23 bits per heavy atom. The molecule has 2 nitrogen and oxygen atoms in total. The molecule has 0 atom stereocenters. The Balaban J connectivity index is 0.00000144. The second kappa shape index (κ2) is 6.27.